The van der Waals surface area contributed by atoms with Gasteiger partial charge in [-0.1, -0.05) is 12.1 Å². The lowest BCUT2D eigenvalue weighted by Crippen LogP contribution is -2.31. The zero-order valence-corrected chi connectivity index (χ0v) is 11.7. The van der Waals surface area contributed by atoms with Crippen molar-refractivity contribution in [1.82, 2.24) is 4.90 Å². The Hall–Kier alpha value is -2.07. The standard InChI is InChI=1S/C17H17FN2O/c18-13-4-5-17-12(6-13)7-14(21-17)9-20-8-11-2-1-3-16(19)15(11)10-20/h1-6,14H,7-10,19H2. The van der Waals surface area contributed by atoms with E-state index in [4.69, 9.17) is 10.5 Å². The first-order valence-corrected chi connectivity index (χ1v) is 7.23. The summed E-state index contributed by atoms with van der Waals surface area (Å²) in [5, 5.41) is 0. The summed E-state index contributed by atoms with van der Waals surface area (Å²) in [5.74, 6) is 0.622. The highest BCUT2D eigenvalue weighted by molar-refractivity contribution is 5.52. The molecule has 2 aromatic rings. The normalized spacial score (nSPS) is 20.1. The fraction of sp³-hybridized carbons (Fsp3) is 0.294. The molecular formula is C17H17FN2O. The van der Waals surface area contributed by atoms with Crippen molar-refractivity contribution in [3.8, 4) is 5.75 Å². The Morgan fingerprint density at radius 3 is 2.95 bits per heavy atom. The van der Waals surface area contributed by atoms with Crippen molar-refractivity contribution < 1.29 is 9.13 Å². The van der Waals surface area contributed by atoms with Crippen LogP contribution in [0.25, 0.3) is 0 Å². The Balaban J connectivity index is 1.45. The number of ether oxygens (including phenoxy) is 1. The minimum absolute atomic E-state index is 0.0948. The molecule has 2 aliphatic rings. The number of benzene rings is 2. The van der Waals surface area contributed by atoms with Gasteiger partial charge in [-0.2, -0.15) is 0 Å². The zero-order chi connectivity index (χ0) is 14.4. The molecule has 0 amide bonds. The van der Waals surface area contributed by atoms with Crippen molar-refractivity contribution in [1.29, 1.82) is 0 Å². The van der Waals surface area contributed by atoms with E-state index in [-0.39, 0.29) is 11.9 Å². The summed E-state index contributed by atoms with van der Waals surface area (Å²) in [5.41, 5.74) is 10.4. The van der Waals surface area contributed by atoms with E-state index in [1.165, 1.54) is 17.2 Å². The second-order valence-corrected chi connectivity index (χ2v) is 5.85. The molecule has 4 heteroatoms. The lowest BCUT2D eigenvalue weighted by Gasteiger charge is -2.19. The number of nitrogens with zero attached hydrogens (tertiary/aromatic N) is 1. The predicted molar refractivity (Wildman–Crippen MR) is 79.5 cm³/mol. The van der Waals surface area contributed by atoms with Crippen molar-refractivity contribution in [3.05, 3.63) is 58.9 Å². The van der Waals surface area contributed by atoms with Crippen LogP contribution in [-0.2, 0) is 19.5 Å². The maximum atomic E-state index is 13.2. The van der Waals surface area contributed by atoms with E-state index in [2.05, 4.69) is 11.0 Å². The summed E-state index contributed by atoms with van der Waals surface area (Å²) in [6.45, 7) is 2.61. The van der Waals surface area contributed by atoms with Crippen LogP contribution in [0.1, 0.15) is 16.7 Å². The summed E-state index contributed by atoms with van der Waals surface area (Å²) < 4.78 is 19.2. The minimum atomic E-state index is -0.195. The van der Waals surface area contributed by atoms with Crippen molar-refractivity contribution >= 4 is 5.69 Å². The van der Waals surface area contributed by atoms with Gasteiger partial charge in [0.15, 0.2) is 0 Å². The molecule has 0 fully saturated rings. The topological polar surface area (TPSA) is 38.5 Å². The van der Waals surface area contributed by atoms with Crippen LogP contribution in [-0.4, -0.2) is 17.5 Å². The van der Waals surface area contributed by atoms with E-state index in [1.807, 2.05) is 12.1 Å². The third-order valence-electron chi connectivity index (χ3n) is 4.31. The number of rotatable bonds is 2. The molecule has 2 aliphatic heterocycles. The Morgan fingerprint density at radius 2 is 2.10 bits per heavy atom. The molecule has 4 rings (SSSR count). The van der Waals surface area contributed by atoms with E-state index in [0.717, 1.165) is 43.1 Å². The van der Waals surface area contributed by atoms with Crippen LogP contribution in [0.5, 0.6) is 5.75 Å². The first-order valence-electron chi connectivity index (χ1n) is 7.23. The van der Waals surface area contributed by atoms with Gasteiger partial charge in [0.05, 0.1) is 0 Å². The Bertz CT molecular complexity index is 701. The largest absolute Gasteiger partial charge is 0.488 e. The number of fused-ring (bicyclic) bond motifs is 2. The van der Waals surface area contributed by atoms with E-state index in [1.54, 1.807) is 12.1 Å². The molecule has 0 saturated heterocycles. The summed E-state index contributed by atoms with van der Waals surface area (Å²) in [6.07, 6.45) is 0.868. The molecule has 108 valence electrons. The molecule has 0 aliphatic carbocycles. The molecule has 2 N–H and O–H groups in total. The maximum Gasteiger partial charge on any atom is 0.123 e. The van der Waals surface area contributed by atoms with Gasteiger partial charge in [-0.05, 0) is 35.4 Å². The van der Waals surface area contributed by atoms with Crippen molar-refractivity contribution in [3.63, 3.8) is 0 Å². The molecule has 0 bridgehead atoms. The number of anilines is 1. The molecule has 0 saturated carbocycles. The monoisotopic (exact) mass is 284 g/mol. The van der Waals surface area contributed by atoms with E-state index in [0.29, 0.717) is 0 Å². The molecule has 2 aromatic carbocycles. The van der Waals surface area contributed by atoms with Crippen LogP contribution < -0.4 is 10.5 Å². The average Bonchev–Trinajstić information content (AvgIpc) is 3.02. The number of nitrogen functional groups attached to an aromatic ring is 1. The molecule has 0 radical (unpaired) electrons. The zero-order valence-electron chi connectivity index (χ0n) is 11.7. The number of hydrogen-bond acceptors (Lipinski definition) is 3. The third kappa shape index (κ3) is 2.25. The van der Waals surface area contributed by atoms with Crippen LogP contribution in [0, 0.1) is 5.82 Å². The van der Waals surface area contributed by atoms with Crippen molar-refractivity contribution in [2.75, 3.05) is 12.3 Å². The Kier molecular flexibility index (Phi) is 2.86. The van der Waals surface area contributed by atoms with Gasteiger partial charge in [-0.25, -0.2) is 4.39 Å². The highest BCUT2D eigenvalue weighted by atomic mass is 19.1. The Morgan fingerprint density at radius 1 is 1.19 bits per heavy atom. The lowest BCUT2D eigenvalue weighted by molar-refractivity contribution is 0.150. The predicted octanol–water partition coefficient (Wildman–Crippen LogP) is 2.73. The second kappa shape index (κ2) is 4.74. The van der Waals surface area contributed by atoms with E-state index < -0.39 is 0 Å². The second-order valence-electron chi connectivity index (χ2n) is 5.85. The summed E-state index contributed by atoms with van der Waals surface area (Å²) in [7, 11) is 0. The van der Waals surface area contributed by atoms with Crippen LogP contribution >= 0.6 is 0 Å². The molecule has 1 atom stereocenters. The van der Waals surface area contributed by atoms with Crippen molar-refractivity contribution in [2.45, 2.75) is 25.6 Å². The molecule has 0 aromatic heterocycles. The van der Waals surface area contributed by atoms with Gasteiger partial charge in [-0.3, -0.25) is 4.90 Å². The average molecular weight is 284 g/mol. The van der Waals surface area contributed by atoms with Gasteiger partial charge in [0.2, 0.25) is 0 Å². The minimum Gasteiger partial charge on any atom is -0.488 e. The van der Waals surface area contributed by atoms with Gasteiger partial charge in [0, 0.05) is 37.3 Å². The molecule has 0 spiro atoms. The maximum absolute atomic E-state index is 13.2. The quantitative estimate of drug-likeness (QED) is 0.862. The fourth-order valence-corrected chi connectivity index (χ4v) is 3.32. The molecule has 3 nitrogen and oxygen atoms in total. The van der Waals surface area contributed by atoms with Gasteiger partial charge in [-0.15, -0.1) is 0 Å². The van der Waals surface area contributed by atoms with E-state index in [9.17, 15) is 4.39 Å². The van der Waals surface area contributed by atoms with E-state index >= 15 is 0 Å². The molecule has 2 heterocycles. The molecular weight excluding hydrogens is 267 g/mol. The number of nitrogens with two attached hydrogens (primary N) is 1. The number of halogens is 1. The van der Waals surface area contributed by atoms with Gasteiger partial charge < -0.3 is 10.5 Å². The summed E-state index contributed by atoms with van der Waals surface area (Å²) in [6, 6.07) is 10.8. The molecule has 21 heavy (non-hydrogen) atoms. The smallest absolute Gasteiger partial charge is 0.123 e. The van der Waals surface area contributed by atoms with Gasteiger partial charge >= 0.3 is 0 Å². The fourth-order valence-electron chi connectivity index (χ4n) is 3.32. The van der Waals surface area contributed by atoms with Crippen LogP contribution in [0.4, 0.5) is 10.1 Å². The van der Waals surface area contributed by atoms with Crippen LogP contribution in [0.3, 0.4) is 0 Å². The highest BCUT2D eigenvalue weighted by Gasteiger charge is 2.28. The highest BCUT2D eigenvalue weighted by Crippen LogP contribution is 2.32. The number of hydrogen-bond donors (Lipinski definition) is 1. The van der Waals surface area contributed by atoms with Crippen LogP contribution in [0.15, 0.2) is 36.4 Å². The third-order valence-corrected chi connectivity index (χ3v) is 4.31. The summed E-state index contributed by atoms with van der Waals surface area (Å²) in [4.78, 5) is 2.34. The first kappa shape index (κ1) is 12.7. The lowest BCUT2D eigenvalue weighted by atomic mass is 10.1. The summed E-state index contributed by atoms with van der Waals surface area (Å²) >= 11 is 0. The van der Waals surface area contributed by atoms with Gasteiger partial charge in [0.25, 0.3) is 0 Å². The van der Waals surface area contributed by atoms with Crippen LogP contribution in [0.2, 0.25) is 0 Å². The van der Waals surface area contributed by atoms with Gasteiger partial charge in [0.1, 0.15) is 17.7 Å². The first-order chi connectivity index (χ1) is 10.2. The Labute approximate surface area is 123 Å². The molecule has 1 unspecified atom stereocenters. The van der Waals surface area contributed by atoms with Crippen molar-refractivity contribution in [2.24, 2.45) is 0 Å². The SMILES string of the molecule is Nc1cccc2c1CN(CC1Cc3cc(F)ccc3O1)C2.